The molecule has 104 valence electrons. The maximum Gasteiger partial charge on any atom is 0.337 e. The summed E-state index contributed by atoms with van der Waals surface area (Å²) in [6, 6.07) is 4.26. The van der Waals surface area contributed by atoms with Crippen molar-refractivity contribution in [1.82, 2.24) is 9.78 Å². The minimum Gasteiger partial charge on any atom is -0.478 e. The number of aromatic carboxylic acids is 1. The molecule has 0 aliphatic carbocycles. The number of para-hydroxylation sites is 1. The summed E-state index contributed by atoms with van der Waals surface area (Å²) in [4.78, 5) is 22.7. The lowest BCUT2D eigenvalue weighted by Crippen LogP contribution is -2.22. The molecule has 1 heterocycles. The molecule has 0 unspecified atom stereocenters. The summed E-state index contributed by atoms with van der Waals surface area (Å²) in [5, 5.41) is 17.4. The van der Waals surface area contributed by atoms with Crippen LogP contribution in [0.2, 0.25) is 0 Å². The molecule has 0 spiro atoms. The Morgan fingerprint density at radius 3 is 2.65 bits per heavy atom. The summed E-state index contributed by atoms with van der Waals surface area (Å²) in [7, 11) is 1.67. The maximum atomic E-state index is 13.6. The predicted molar refractivity (Wildman–Crippen MR) is 69.2 cm³/mol. The van der Waals surface area contributed by atoms with Crippen molar-refractivity contribution >= 4 is 23.5 Å². The number of carbonyl (C=O) groups excluding carboxylic acids is 1. The van der Waals surface area contributed by atoms with Gasteiger partial charge in [0.1, 0.15) is 5.82 Å². The first-order valence-electron chi connectivity index (χ1n) is 5.57. The highest BCUT2D eigenvalue weighted by atomic mass is 19.1. The van der Waals surface area contributed by atoms with Crippen molar-refractivity contribution < 1.29 is 19.1 Å². The van der Waals surface area contributed by atoms with E-state index in [0.717, 1.165) is 6.07 Å². The number of anilines is 2. The van der Waals surface area contributed by atoms with Crippen LogP contribution in [0.5, 0.6) is 0 Å². The molecular formula is C12H11FN4O3. The fraction of sp³-hybridized carbons (Fsp3) is 0.0833. The predicted octanol–water partition coefficient (Wildman–Crippen LogP) is 1.90. The Hall–Kier alpha value is -2.90. The van der Waals surface area contributed by atoms with Gasteiger partial charge in [-0.2, -0.15) is 5.10 Å². The molecule has 0 aliphatic heterocycles. The minimum absolute atomic E-state index is 0.262. The molecule has 0 fully saturated rings. The second-order valence-electron chi connectivity index (χ2n) is 3.92. The number of aromatic nitrogens is 2. The largest absolute Gasteiger partial charge is 0.478 e. The number of nitrogens with zero attached hydrogens (tertiary/aromatic N) is 2. The molecule has 0 radical (unpaired) electrons. The fourth-order valence-electron chi connectivity index (χ4n) is 1.57. The summed E-state index contributed by atoms with van der Waals surface area (Å²) in [5.74, 6) is -1.91. The number of carboxylic acid groups (broad SMARTS) is 1. The molecule has 0 saturated heterocycles. The van der Waals surface area contributed by atoms with Gasteiger partial charge in [0.25, 0.3) is 0 Å². The molecule has 0 atom stereocenters. The van der Waals surface area contributed by atoms with Gasteiger partial charge in [-0.1, -0.05) is 6.07 Å². The van der Waals surface area contributed by atoms with E-state index >= 15 is 0 Å². The van der Waals surface area contributed by atoms with Crippen LogP contribution in [0.1, 0.15) is 10.4 Å². The SMILES string of the molecule is Cn1ccc(NC(=O)Nc2c(F)cccc2C(=O)O)n1. The van der Waals surface area contributed by atoms with Crippen molar-refractivity contribution in [2.24, 2.45) is 7.05 Å². The molecule has 2 rings (SSSR count). The van der Waals surface area contributed by atoms with E-state index in [1.165, 1.54) is 16.8 Å². The average Bonchev–Trinajstić information content (AvgIpc) is 2.77. The van der Waals surface area contributed by atoms with E-state index in [0.29, 0.717) is 0 Å². The van der Waals surface area contributed by atoms with E-state index in [9.17, 15) is 14.0 Å². The van der Waals surface area contributed by atoms with Gasteiger partial charge < -0.3 is 10.4 Å². The number of benzene rings is 1. The Bertz CT molecular complexity index is 668. The highest BCUT2D eigenvalue weighted by Gasteiger charge is 2.16. The molecule has 7 nitrogen and oxygen atoms in total. The van der Waals surface area contributed by atoms with Crippen LogP contribution in [-0.2, 0) is 7.05 Å². The molecule has 8 heteroatoms. The Morgan fingerprint density at radius 1 is 1.30 bits per heavy atom. The second-order valence-corrected chi connectivity index (χ2v) is 3.92. The Labute approximate surface area is 113 Å². The zero-order valence-electron chi connectivity index (χ0n) is 10.4. The smallest absolute Gasteiger partial charge is 0.337 e. The lowest BCUT2D eigenvalue weighted by Gasteiger charge is -2.09. The lowest BCUT2D eigenvalue weighted by atomic mass is 10.1. The Balaban J connectivity index is 2.17. The van der Waals surface area contributed by atoms with Gasteiger partial charge in [0.15, 0.2) is 5.82 Å². The molecule has 0 bridgehead atoms. The van der Waals surface area contributed by atoms with Crippen LogP contribution in [0.3, 0.4) is 0 Å². The van der Waals surface area contributed by atoms with E-state index in [1.54, 1.807) is 19.3 Å². The normalized spacial score (nSPS) is 10.1. The van der Waals surface area contributed by atoms with Crippen molar-refractivity contribution in [2.45, 2.75) is 0 Å². The first kappa shape index (κ1) is 13.5. The van der Waals surface area contributed by atoms with Gasteiger partial charge in [-0.25, -0.2) is 14.0 Å². The Morgan fingerprint density at radius 2 is 2.05 bits per heavy atom. The average molecular weight is 278 g/mol. The van der Waals surface area contributed by atoms with E-state index in [2.05, 4.69) is 15.7 Å². The first-order valence-corrected chi connectivity index (χ1v) is 5.57. The highest BCUT2D eigenvalue weighted by molar-refractivity contribution is 6.04. The van der Waals surface area contributed by atoms with Crippen LogP contribution < -0.4 is 10.6 Å². The number of rotatable bonds is 3. The van der Waals surface area contributed by atoms with Crippen LogP contribution in [-0.4, -0.2) is 26.9 Å². The molecule has 2 aromatic rings. The van der Waals surface area contributed by atoms with E-state index in [4.69, 9.17) is 5.11 Å². The van der Waals surface area contributed by atoms with Gasteiger partial charge in [0.05, 0.1) is 11.3 Å². The standard InChI is InChI=1S/C12H11FN4O3/c1-17-6-5-9(16-17)14-12(20)15-10-7(11(18)19)3-2-4-8(10)13/h2-6H,1H3,(H,18,19)(H2,14,15,16,20). The number of carboxylic acids is 1. The van der Waals surface area contributed by atoms with Gasteiger partial charge in [0.2, 0.25) is 0 Å². The van der Waals surface area contributed by atoms with Gasteiger partial charge in [-0.3, -0.25) is 10.00 Å². The van der Waals surface area contributed by atoms with Crippen molar-refractivity contribution in [2.75, 3.05) is 10.6 Å². The third-order valence-corrected chi connectivity index (χ3v) is 2.44. The number of urea groups is 1. The Kier molecular flexibility index (Phi) is 3.65. The van der Waals surface area contributed by atoms with Crippen LogP contribution >= 0.6 is 0 Å². The van der Waals surface area contributed by atoms with Crippen LogP contribution in [0.4, 0.5) is 20.7 Å². The van der Waals surface area contributed by atoms with Crippen LogP contribution in [0.25, 0.3) is 0 Å². The van der Waals surface area contributed by atoms with Crippen molar-refractivity contribution in [1.29, 1.82) is 0 Å². The molecule has 0 aliphatic rings. The number of halogens is 1. The number of amides is 2. The second kappa shape index (κ2) is 5.39. The molecule has 1 aromatic carbocycles. The number of nitrogens with one attached hydrogen (secondary N) is 2. The topological polar surface area (TPSA) is 96.2 Å². The minimum atomic E-state index is -1.34. The van der Waals surface area contributed by atoms with E-state index in [-0.39, 0.29) is 11.4 Å². The van der Waals surface area contributed by atoms with Gasteiger partial charge in [-0.15, -0.1) is 0 Å². The first-order chi connectivity index (χ1) is 9.47. The quantitative estimate of drug-likeness (QED) is 0.798. The summed E-state index contributed by atoms with van der Waals surface area (Å²) >= 11 is 0. The van der Waals surface area contributed by atoms with E-state index < -0.39 is 23.5 Å². The number of carbonyl (C=O) groups is 2. The molecule has 0 saturated carbocycles. The van der Waals surface area contributed by atoms with Gasteiger partial charge in [0, 0.05) is 19.3 Å². The zero-order valence-corrected chi connectivity index (χ0v) is 10.4. The molecular weight excluding hydrogens is 267 g/mol. The summed E-state index contributed by atoms with van der Waals surface area (Å²) in [5.41, 5.74) is -0.727. The van der Waals surface area contributed by atoms with Crippen molar-refractivity contribution in [3.8, 4) is 0 Å². The third-order valence-electron chi connectivity index (χ3n) is 2.44. The number of hydrogen-bond donors (Lipinski definition) is 3. The molecule has 2 amide bonds. The van der Waals surface area contributed by atoms with Crippen molar-refractivity contribution in [3.63, 3.8) is 0 Å². The van der Waals surface area contributed by atoms with Crippen LogP contribution in [0.15, 0.2) is 30.5 Å². The monoisotopic (exact) mass is 278 g/mol. The molecule has 3 N–H and O–H groups in total. The van der Waals surface area contributed by atoms with Gasteiger partial charge in [-0.05, 0) is 12.1 Å². The van der Waals surface area contributed by atoms with Crippen molar-refractivity contribution in [3.05, 3.63) is 41.8 Å². The summed E-state index contributed by atoms with van der Waals surface area (Å²) in [6.45, 7) is 0. The lowest BCUT2D eigenvalue weighted by molar-refractivity contribution is 0.0697. The number of hydrogen-bond acceptors (Lipinski definition) is 3. The molecule has 1 aromatic heterocycles. The summed E-state index contributed by atoms with van der Waals surface area (Å²) < 4.78 is 15.1. The maximum absolute atomic E-state index is 13.6. The summed E-state index contributed by atoms with van der Waals surface area (Å²) in [6.07, 6.45) is 1.61. The zero-order chi connectivity index (χ0) is 14.7. The third kappa shape index (κ3) is 2.91. The fourth-order valence-corrected chi connectivity index (χ4v) is 1.57. The van der Waals surface area contributed by atoms with E-state index in [1.807, 2.05) is 0 Å². The van der Waals surface area contributed by atoms with Gasteiger partial charge >= 0.3 is 12.0 Å². The van der Waals surface area contributed by atoms with Crippen LogP contribution in [0, 0.1) is 5.82 Å². The molecule has 20 heavy (non-hydrogen) atoms. The highest BCUT2D eigenvalue weighted by Crippen LogP contribution is 2.20. The number of aryl methyl sites for hydroxylation is 1.